The molecule has 0 amide bonds. The predicted molar refractivity (Wildman–Crippen MR) is 392 cm³/mol. The zero-order valence-corrected chi connectivity index (χ0v) is 60.9. The molecule has 11 heteroatoms. The molecule has 8 aromatic carbocycles. The van der Waals surface area contributed by atoms with E-state index >= 15 is 0 Å². The molecule has 6 nitrogen and oxygen atoms in total. The number of rotatable bonds is 6. The first-order chi connectivity index (χ1) is 41.9. The second-order valence-electron chi connectivity index (χ2n) is 22.8. The Morgan fingerprint density at radius 2 is 0.477 bits per heavy atom. The van der Waals surface area contributed by atoms with Gasteiger partial charge in [-0.15, -0.1) is 0 Å². The summed E-state index contributed by atoms with van der Waals surface area (Å²) in [6.07, 6.45) is 0. The van der Waals surface area contributed by atoms with E-state index in [2.05, 4.69) is 218 Å². The van der Waals surface area contributed by atoms with Gasteiger partial charge in [-0.25, -0.2) is 0 Å². The molecule has 472 valence electrons. The number of hydrogen-bond donors (Lipinski definition) is 0. The summed E-state index contributed by atoms with van der Waals surface area (Å²) in [6, 6.07) is 75.4. The Kier molecular flexibility index (Phi) is 34.4. The van der Waals surface area contributed by atoms with Gasteiger partial charge >= 0.3 is 21.1 Å². The summed E-state index contributed by atoms with van der Waals surface area (Å²) in [5.74, 6) is 0. The Hall–Kier alpha value is -5.33. The molecule has 3 heterocycles. The van der Waals surface area contributed by atoms with Crippen molar-refractivity contribution >= 4 is 58.5 Å². The van der Waals surface area contributed by atoms with E-state index in [0.29, 0.717) is 0 Å². The molecule has 3 aliphatic heterocycles. The first kappa shape index (κ1) is 78.8. The van der Waals surface area contributed by atoms with Crippen LogP contribution in [0.4, 0.5) is 0 Å². The fraction of sp³-hybridized carbons (Fsp3) is 0.377. The van der Waals surface area contributed by atoms with Crippen molar-refractivity contribution in [1.29, 1.82) is 0 Å². The summed E-state index contributed by atoms with van der Waals surface area (Å²) in [6.45, 7) is 46.6. The highest BCUT2D eigenvalue weighted by Gasteiger charge is 2.63. The maximum absolute atomic E-state index is 6.31. The van der Waals surface area contributed by atoms with Gasteiger partial charge in [-0.1, -0.05) is 295 Å². The van der Waals surface area contributed by atoms with Crippen LogP contribution in [0.5, 0.6) is 0 Å². The number of benzene rings is 8. The van der Waals surface area contributed by atoms with Crippen LogP contribution in [-0.4, -0.2) is 54.7 Å². The molecule has 88 heavy (non-hydrogen) atoms. The van der Waals surface area contributed by atoms with Crippen molar-refractivity contribution in [2.45, 2.75) is 193 Å². The molecule has 0 N–H and O–H groups in total. The second-order valence-corrected chi connectivity index (χ2v) is 24.7. The Morgan fingerprint density at radius 3 is 0.727 bits per heavy atom. The van der Waals surface area contributed by atoms with Crippen molar-refractivity contribution in [2.24, 2.45) is 0 Å². The lowest BCUT2D eigenvalue weighted by molar-refractivity contribution is 0.00578. The fourth-order valence-corrected chi connectivity index (χ4v) is 9.60. The molecule has 0 aromatic heterocycles. The fourth-order valence-electron chi connectivity index (χ4n) is 8.49. The standard InChI is InChI=1S/C24H25BO2.C18H14.C12H24B2O4.C7H8.C6H4Br2.5C2H6/c1-23(2)24(3,4)27-25(26-23)22-16-20(18-11-7-5-8-12-18)15-21(17-22)19-13-9-6-10-14-19;1-3-8-15(9-4-1)17-12-7-13-18(14-17)16-10-5-2-6-11-16;1-9(2)10(3,4)16-13(15-9)14-17-11(5,6)12(7,8)18-14;1-7-5-3-2-4-6-7;7-5-2-1-3-6(8)4-5;5*1-2/h5-17H,1-4H3;1-14H;1-8H3;2-6H,1H3;1-4H;5*1-2H3. The van der Waals surface area contributed by atoms with Crippen molar-refractivity contribution in [3.63, 3.8) is 0 Å². The second kappa shape index (κ2) is 38.4. The van der Waals surface area contributed by atoms with Gasteiger partial charge in [0.05, 0.1) is 33.6 Å². The summed E-state index contributed by atoms with van der Waals surface area (Å²) in [5, 5.41) is 0. The topological polar surface area (TPSA) is 55.4 Å². The Balaban J connectivity index is 0.000000384. The van der Waals surface area contributed by atoms with Gasteiger partial charge in [0.1, 0.15) is 0 Å². The highest BCUT2D eigenvalue weighted by Crippen LogP contribution is 2.43. The molecule has 0 unspecified atom stereocenters. The van der Waals surface area contributed by atoms with Gasteiger partial charge in [-0.2, -0.15) is 0 Å². The number of hydrogen-bond acceptors (Lipinski definition) is 6. The van der Waals surface area contributed by atoms with Gasteiger partial charge in [-0.3, -0.25) is 0 Å². The average Bonchev–Trinajstić information content (AvgIpc) is 1.83. The smallest absolute Gasteiger partial charge is 0.405 e. The summed E-state index contributed by atoms with van der Waals surface area (Å²) in [5.41, 5.74) is 9.98. The molecule has 3 fully saturated rings. The maximum Gasteiger partial charge on any atom is 0.494 e. The Labute approximate surface area is 553 Å². The Bertz CT molecular complexity index is 2930. The third-order valence-corrected chi connectivity index (χ3v) is 16.3. The molecule has 0 saturated carbocycles. The van der Waals surface area contributed by atoms with Crippen molar-refractivity contribution in [3.05, 3.63) is 233 Å². The molecule has 0 bridgehead atoms. The molecule has 3 aliphatic rings. The molecular formula is C77H105B3Br2O6. The van der Waals surface area contributed by atoms with Crippen LogP contribution in [0.1, 0.15) is 158 Å². The SMILES string of the molecule is Brc1cccc(Br)c1.CC.CC.CC.CC.CC.CC1(C)OB(B2OC(C)(C)C(C)(C)O2)OC1(C)C.CC1(C)OB(c2cc(-c3ccccc3)cc(-c3ccccc3)c2)OC1(C)C.Cc1ccccc1.c1ccc(-c2cccc(-c3ccccc3)c2)cc1. The molecule has 0 atom stereocenters. The Morgan fingerprint density at radius 1 is 0.250 bits per heavy atom. The largest absolute Gasteiger partial charge is 0.494 e. The van der Waals surface area contributed by atoms with Crippen LogP contribution in [0.15, 0.2) is 227 Å². The minimum atomic E-state index is -0.476. The number of aryl methyl sites for hydroxylation is 1. The first-order valence-electron chi connectivity index (χ1n) is 31.8. The van der Waals surface area contributed by atoms with E-state index in [1.807, 2.05) is 191 Å². The summed E-state index contributed by atoms with van der Waals surface area (Å²) >= 11 is 6.66. The van der Waals surface area contributed by atoms with Crippen molar-refractivity contribution in [3.8, 4) is 44.5 Å². The van der Waals surface area contributed by atoms with E-state index in [4.69, 9.17) is 27.9 Å². The molecule has 0 aliphatic carbocycles. The van der Waals surface area contributed by atoms with Crippen molar-refractivity contribution < 1.29 is 27.9 Å². The van der Waals surface area contributed by atoms with Crippen LogP contribution in [0.3, 0.4) is 0 Å². The van der Waals surface area contributed by atoms with Crippen molar-refractivity contribution in [1.82, 2.24) is 0 Å². The van der Waals surface area contributed by atoms with Gasteiger partial charge in [0.15, 0.2) is 0 Å². The normalized spacial score (nSPS) is 16.0. The molecule has 3 saturated heterocycles. The van der Waals surface area contributed by atoms with Crippen LogP contribution in [-0.2, 0) is 27.9 Å². The highest BCUT2D eigenvalue weighted by atomic mass is 79.9. The van der Waals surface area contributed by atoms with Crippen LogP contribution in [0.25, 0.3) is 44.5 Å². The molecule has 11 rings (SSSR count). The number of halogens is 2. The highest BCUT2D eigenvalue weighted by molar-refractivity contribution is 9.11. The lowest BCUT2D eigenvalue weighted by atomic mass is 9.49. The van der Waals surface area contributed by atoms with E-state index in [1.165, 1.54) is 50.1 Å². The monoisotopic (exact) mass is 1320 g/mol. The molecule has 0 radical (unpaired) electrons. The van der Waals surface area contributed by atoms with Gasteiger partial charge < -0.3 is 27.9 Å². The summed E-state index contributed by atoms with van der Waals surface area (Å²) < 4.78 is 38.7. The molecular weight excluding hydrogens is 1210 g/mol. The summed E-state index contributed by atoms with van der Waals surface area (Å²) in [4.78, 5) is 0. The summed E-state index contributed by atoms with van der Waals surface area (Å²) in [7, 11) is -1.33. The van der Waals surface area contributed by atoms with E-state index < -0.39 is 14.0 Å². The van der Waals surface area contributed by atoms with Crippen LogP contribution in [0, 0.1) is 6.92 Å². The minimum absolute atomic E-state index is 0.354. The van der Waals surface area contributed by atoms with Gasteiger partial charge in [-0.05, 0) is 170 Å². The van der Waals surface area contributed by atoms with Gasteiger partial charge in [0, 0.05) is 8.95 Å². The zero-order valence-electron chi connectivity index (χ0n) is 57.7. The van der Waals surface area contributed by atoms with Gasteiger partial charge in [0.2, 0.25) is 0 Å². The maximum atomic E-state index is 6.31. The third-order valence-electron chi connectivity index (χ3n) is 15.3. The van der Waals surface area contributed by atoms with E-state index in [9.17, 15) is 0 Å². The van der Waals surface area contributed by atoms with Crippen LogP contribution in [0.2, 0.25) is 0 Å². The van der Waals surface area contributed by atoms with E-state index in [0.717, 1.165) is 14.4 Å². The van der Waals surface area contributed by atoms with E-state index in [1.54, 1.807) is 0 Å². The van der Waals surface area contributed by atoms with Crippen molar-refractivity contribution in [2.75, 3.05) is 0 Å². The van der Waals surface area contributed by atoms with E-state index in [-0.39, 0.29) is 40.7 Å². The lowest BCUT2D eigenvalue weighted by Gasteiger charge is -2.32. The molecule has 0 spiro atoms. The quantitative estimate of drug-likeness (QED) is 0.155. The first-order valence-corrected chi connectivity index (χ1v) is 33.4. The lowest BCUT2D eigenvalue weighted by Crippen LogP contribution is -2.41. The van der Waals surface area contributed by atoms with Crippen LogP contribution < -0.4 is 5.46 Å². The third kappa shape index (κ3) is 23.5. The van der Waals surface area contributed by atoms with Gasteiger partial charge in [0.25, 0.3) is 0 Å². The van der Waals surface area contributed by atoms with Crippen LogP contribution >= 0.6 is 31.9 Å². The molecule has 8 aromatic rings. The average molecular weight is 1320 g/mol. The predicted octanol–water partition coefficient (Wildman–Crippen LogP) is 22.9. The minimum Gasteiger partial charge on any atom is -0.405 e. The zero-order chi connectivity index (χ0) is 66.4.